The van der Waals surface area contributed by atoms with E-state index in [0.717, 1.165) is 56.9 Å². The van der Waals surface area contributed by atoms with E-state index < -0.39 is 5.60 Å². The highest BCUT2D eigenvalue weighted by Gasteiger charge is 2.51. The number of quaternary nitrogens is 1. The van der Waals surface area contributed by atoms with Crippen LogP contribution in [-0.2, 0) is 6.54 Å². The molecule has 1 aliphatic heterocycles. The molecule has 1 saturated carbocycles. The molecule has 4 atom stereocenters. The molecule has 2 fully saturated rings. The van der Waals surface area contributed by atoms with Crippen LogP contribution >= 0.6 is 11.6 Å². The molecule has 2 N–H and O–H groups in total. The molecule has 162 valence electrons. The van der Waals surface area contributed by atoms with E-state index in [0.29, 0.717) is 12.0 Å². The summed E-state index contributed by atoms with van der Waals surface area (Å²) >= 11 is 6.52. The minimum atomic E-state index is -0.509. The first kappa shape index (κ1) is 21.7. The Labute approximate surface area is 186 Å². The first-order chi connectivity index (χ1) is 14.6. The van der Waals surface area contributed by atoms with E-state index >= 15 is 0 Å². The van der Waals surface area contributed by atoms with Gasteiger partial charge in [-0.3, -0.25) is 0 Å². The van der Waals surface area contributed by atoms with Gasteiger partial charge in [0.05, 0.1) is 12.1 Å². The fraction of sp³-hybridized carbons (Fsp3) is 0.538. The summed E-state index contributed by atoms with van der Waals surface area (Å²) in [6.07, 6.45) is 5.34. The highest BCUT2D eigenvalue weighted by molar-refractivity contribution is 6.31. The summed E-state index contributed by atoms with van der Waals surface area (Å²) in [4.78, 5) is 3.92. The Morgan fingerprint density at radius 1 is 1.03 bits per heavy atom. The van der Waals surface area contributed by atoms with Crippen LogP contribution in [0.15, 0.2) is 48.5 Å². The van der Waals surface area contributed by atoms with Gasteiger partial charge < -0.3 is 14.9 Å². The van der Waals surface area contributed by atoms with Crippen LogP contribution in [0.3, 0.4) is 0 Å². The normalized spacial score (nSPS) is 28.7. The number of fused-ring (bicyclic) bond motifs is 1. The molecular formula is C26H36ClN2O+. The Bertz CT molecular complexity index is 835. The summed E-state index contributed by atoms with van der Waals surface area (Å²) in [5.74, 6) is 0.316. The number of hydrogen-bond acceptors (Lipinski definition) is 2. The van der Waals surface area contributed by atoms with Crippen LogP contribution in [-0.4, -0.2) is 30.3 Å². The number of benzene rings is 2. The van der Waals surface area contributed by atoms with E-state index in [9.17, 15) is 5.11 Å². The van der Waals surface area contributed by atoms with Crippen molar-refractivity contribution in [2.75, 3.05) is 24.5 Å². The lowest BCUT2D eigenvalue weighted by atomic mass is 9.66. The summed E-state index contributed by atoms with van der Waals surface area (Å²) in [7, 11) is 0. The van der Waals surface area contributed by atoms with Gasteiger partial charge >= 0.3 is 0 Å². The zero-order valence-corrected chi connectivity index (χ0v) is 19.2. The minimum absolute atomic E-state index is 0.311. The third kappa shape index (κ3) is 4.26. The van der Waals surface area contributed by atoms with Crippen LogP contribution in [0, 0.1) is 5.92 Å². The van der Waals surface area contributed by atoms with Gasteiger partial charge in [0.2, 0.25) is 0 Å². The lowest BCUT2D eigenvalue weighted by Gasteiger charge is -2.50. The fourth-order valence-electron chi connectivity index (χ4n) is 5.89. The van der Waals surface area contributed by atoms with Crippen LogP contribution < -0.4 is 9.80 Å². The van der Waals surface area contributed by atoms with Gasteiger partial charge in [-0.25, -0.2) is 0 Å². The van der Waals surface area contributed by atoms with Gasteiger partial charge in [-0.05, 0) is 44.9 Å². The third-order valence-electron chi connectivity index (χ3n) is 7.54. The molecule has 1 saturated heterocycles. The summed E-state index contributed by atoms with van der Waals surface area (Å²) in [5.41, 5.74) is 3.34. The van der Waals surface area contributed by atoms with Crippen molar-refractivity contribution < 1.29 is 10.0 Å². The van der Waals surface area contributed by atoms with Crippen LogP contribution in [0.5, 0.6) is 0 Å². The van der Waals surface area contributed by atoms with Crippen molar-refractivity contribution in [1.82, 2.24) is 0 Å². The quantitative estimate of drug-likeness (QED) is 0.703. The highest BCUT2D eigenvalue weighted by atomic mass is 35.5. The second-order valence-electron chi connectivity index (χ2n) is 9.12. The third-order valence-corrected chi connectivity index (χ3v) is 7.91. The van der Waals surface area contributed by atoms with E-state index in [-0.39, 0.29) is 0 Å². The molecule has 0 aromatic heterocycles. The van der Waals surface area contributed by atoms with E-state index in [1.807, 2.05) is 12.1 Å². The average molecular weight is 428 g/mol. The maximum absolute atomic E-state index is 11.5. The highest BCUT2D eigenvalue weighted by Crippen LogP contribution is 2.44. The molecular weight excluding hydrogens is 392 g/mol. The summed E-state index contributed by atoms with van der Waals surface area (Å²) < 4.78 is 0. The molecule has 0 amide bonds. The number of piperidine rings is 1. The molecule has 2 aromatic carbocycles. The number of halogens is 1. The number of likely N-dealkylation sites (tertiary alicyclic amines) is 1. The second-order valence-corrected chi connectivity index (χ2v) is 9.53. The molecule has 4 heteroatoms. The predicted octanol–water partition coefficient (Wildman–Crippen LogP) is 4.64. The van der Waals surface area contributed by atoms with Gasteiger partial charge in [0, 0.05) is 47.3 Å². The first-order valence-corrected chi connectivity index (χ1v) is 12.1. The minimum Gasteiger partial charge on any atom is -0.389 e. The molecule has 30 heavy (non-hydrogen) atoms. The topological polar surface area (TPSA) is 27.9 Å². The van der Waals surface area contributed by atoms with Crippen LogP contribution in [0.25, 0.3) is 0 Å². The van der Waals surface area contributed by atoms with Gasteiger partial charge in [0.15, 0.2) is 0 Å². The molecule has 0 spiro atoms. The van der Waals surface area contributed by atoms with Crippen molar-refractivity contribution in [1.29, 1.82) is 0 Å². The largest absolute Gasteiger partial charge is 0.389 e. The van der Waals surface area contributed by atoms with Gasteiger partial charge in [-0.1, -0.05) is 54.8 Å². The Hall–Kier alpha value is -1.55. The SMILES string of the molecule is CCN(CC)c1ccc([C@H]2[C@H]3CCCC[C@]3(O)CC[NH+]2Cc2ccccc2Cl)cc1. The van der Waals surface area contributed by atoms with Crippen LogP contribution in [0.4, 0.5) is 5.69 Å². The Morgan fingerprint density at radius 2 is 1.77 bits per heavy atom. The van der Waals surface area contributed by atoms with E-state index in [1.54, 1.807) is 0 Å². The Kier molecular flexibility index (Phi) is 6.72. The molecule has 0 bridgehead atoms. The Balaban J connectivity index is 1.67. The van der Waals surface area contributed by atoms with Crippen molar-refractivity contribution in [3.8, 4) is 0 Å². The number of hydrogen-bond donors (Lipinski definition) is 2. The standard InChI is InChI=1S/C26H35ClN2O/c1-3-28(4-2)22-14-12-20(13-15-22)25-23-10-7-8-16-26(23,30)17-18-29(25)19-21-9-5-6-11-24(21)27/h5-6,9,11-15,23,25,30H,3-4,7-8,10,16-19H2,1-2H3/p+1/t23-,25+,26+/m1/s1. The zero-order chi connectivity index (χ0) is 21.1. The van der Waals surface area contributed by atoms with Gasteiger partial charge in [0.1, 0.15) is 12.6 Å². The lowest BCUT2D eigenvalue weighted by molar-refractivity contribution is -0.958. The van der Waals surface area contributed by atoms with Crippen molar-refractivity contribution in [2.45, 2.75) is 64.1 Å². The van der Waals surface area contributed by atoms with Crippen molar-refractivity contribution in [3.63, 3.8) is 0 Å². The molecule has 2 aliphatic rings. The number of aliphatic hydroxyl groups is 1. The molecule has 2 aromatic rings. The van der Waals surface area contributed by atoms with E-state index in [4.69, 9.17) is 11.6 Å². The molecule has 4 rings (SSSR count). The zero-order valence-electron chi connectivity index (χ0n) is 18.4. The van der Waals surface area contributed by atoms with Crippen LogP contribution in [0.2, 0.25) is 5.02 Å². The number of nitrogens with zero attached hydrogens (tertiary/aromatic N) is 1. The van der Waals surface area contributed by atoms with Gasteiger partial charge in [0.25, 0.3) is 0 Å². The maximum Gasteiger partial charge on any atom is 0.119 e. The molecule has 1 unspecified atom stereocenters. The molecule has 0 radical (unpaired) electrons. The van der Waals surface area contributed by atoms with Crippen molar-refractivity contribution in [3.05, 3.63) is 64.7 Å². The molecule has 1 heterocycles. The maximum atomic E-state index is 11.5. The number of rotatable bonds is 6. The molecule has 1 aliphatic carbocycles. The smallest absolute Gasteiger partial charge is 0.119 e. The summed E-state index contributed by atoms with van der Waals surface area (Å²) in [5, 5.41) is 12.4. The summed E-state index contributed by atoms with van der Waals surface area (Å²) in [6.45, 7) is 8.35. The first-order valence-electron chi connectivity index (χ1n) is 11.7. The molecule has 3 nitrogen and oxygen atoms in total. The number of nitrogens with one attached hydrogen (secondary N) is 1. The second kappa shape index (κ2) is 9.30. The van der Waals surface area contributed by atoms with E-state index in [1.165, 1.54) is 28.1 Å². The van der Waals surface area contributed by atoms with Crippen LogP contribution in [0.1, 0.15) is 63.1 Å². The summed E-state index contributed by atoms with van der Waals surface area (Å²) in [6, 6.07) is 17.7. The Morgan fingerprint density at radius 3 is 2.47 bits per heavy atom. The predicted molar refractivity (Wildman–Crippen MR) is 125 cm³/mol. The fourth-order valence-corrected chi connectivity index (χ4v) is 6.09. The van der Waals surface area contributed by atoms with E-state index in [2.05, 4.69) is 55.1 Å². The lowest BCUT2D eigenvalue weighted by Crippen LogP contribution is -3.13. The van der Waals surface area contributed by atoms with Gasteiger partial charge in [-0.15, -0.1) is 0 Å². The van der Waals surface area contributed by atoms with Gasteiger partial charge in [-0.2, -0.15) is 0 Å². The average Bonchev–Trinajstić information content (AvgIpc) is 2.77. The van der Waals surface area contributed by atoms with Crippen molar-refractivity contribution in [2.24, 2.45) is 5.92 Å². The number of anilines is 1. The van der Waals surface area contributed by atoms with Crippen molar-refractivity contribution >= 4 is 17.3 Å². The monoisotopic (exact) mass is 427 g/mol.